The van der Waals surface area contributed by atoms with Gasteiger partial charge >= 0.3 is 0 Å². The van der Waals surface area contributed by atoms with E-state index in [-0.39, 0.29) is 12.0 Å². The Bertz CT molecular complexity index is 439. The standard InChI is InChI=1S/C13H14O2/c14-11-6-3-5-10(11)13-8-9-4-1-2-7-12(9)15-13/h1-2,4,7-8,10-11,14H,3,5-6H2. The number of aliphatic hydroxyl groups excluding tert-OH is 1. The summed E-state index contributed by atoms with van der Waals surface area (Å²) in [7, 11) is 0. The van der Waals surface area contributed by atoms with Gasteiger partial charge in [-0.05, 0) is 25.0 Å². The fourth-order valence-corrected chi connectivity index (χ4v) is 2.46. The minimum Gasteiger partial charge on any atom is -0.461 e. The zero-order valence-electron chi connectivity index (χ0n) is 8.52. The molecule has 2 atom stereocenters. The van der Waals surface area contributed by atoms with Crippen LogP contribution in [0.4, 0.5) is 0 Å². The summed E-state index contributed by atoms with van der Waals surface area (Å²) < 4.78 is 5.76. The van der Waals surface area contributed by atoms with Gasteiger partial charge in [0.15, 0.2) is 0 Å². The third-order valence-electron chi connectivity index (χ3n) is 3.29. The highest BCUT2D eigenvalue weighted by Crippen LogP contribution is 2.36. The minimum atomic E-state index is -0.217. The van der Waals surface area contributed by atoms with Crippen molar-refractivity contribution >= 4 is 11.0 Å². The highest BCUT2D eigenvalue weighted by atomic mass is 16.3. The van der Waals surface area contributed by atoms with Crippen molar-refractivity contribution in [2.75, 3.05) is 0 Å². The lowest BCUT2D eigenvalue weighted by molar-refractivity contribution is 0.155. The van der Waals surface area contributed by atoms with Crippen LogP contribution in [-0.4, -0.2) is 11.2 Å². The first-order chi connectivity index (χ1) is 7.34. The molecule has 1 fully saturated rings. The number of para-hydroxylation sites is 1. The van der Waals surface area contributed by atoms with E-state index in [2.05, 4.69) is 6.07 Å². The van der Waals surface area contributed by atoms with E-state index in [9.17, 15) is 5.11 Å². The number of benzene rings is 1. The predicted octanol–water partition coefficient (Wildman–Crippen LogP) is 3.06. The Kier molecular flexibility index (Phi) is 2.03. The van der Waals surface area contributed by atoms with Gasteiger partial charge in [-0.3, -0.25) is 0 Å². The highest BCUT2D eigenvalue weighted by molar-refractivity contribution is 5.77. The van der Waals surface area contributed by atoms with Crippen molar-refractivity contribution in [1.82, 2.24) is 0 Å². The molecule has 0 radical (unpaired) electrons. The van der Waals surface area contributed by atoms with Crippen LogP contribution >= 0.6 is 0 Å². The van der Waals surface area contributed by atoms with Gasteiger partial charge in [-0.15, -0.1) is 0 Å². The molecule has 1 aromatic heterocycles. The Labute approximate surface area is 88.5 Å². The number of furan rings is 1. The zero-order valence-corrected chi connectivity index (χ0v) is 8.52. The Morgan fingerprint density at radius 1 is 1.20 bits per heavy atom. The smallest absolute Gasteiger partial charge is 0.134 e. The Balaban J connectivity index is 2.04. The summed E-state index contributed by atoms with van der Waals surface area (Å²) in [6.07, 6.45) is 2.83. The maximum atomic E-state index is 9.81. The Hall–Kier alpha value is -1.28. The van der Waals surface area contributed by atoms with Gasteiger partial charge in [-0.2, -0.15) is 0 Å². The van der Waals surface area contributed by atoms with E-state index in [1.165, 1.54) is 0 Å². The monoisotopic (exact) mass is 202 g/mol. The first-order valence-corrected chi connectivity index (χ1v) is 5.51. The molecular weight excluding hydrogens is 188 g/mol. The van der Waals surface area contributed by atoms with E-state index in [4.69, 9.17) is 4.42 Å². The molecule has 1 aliphatic rings. The van der Waals surface area contributed by atoms with Crippen molar-refractivity contribution in [1.29, 1.82) is 0 Å². The van der Waals surface area contributed by atoms with E-state index in [0.29, 0.717) is 0 Å². The second-order valence-electron chi connectivity index (χ2n) is 4.29. The molecule has 1 heterocycles. The molecule has 78 valence electrons. The average molecular weight is 202 g/mol. The molecule has 0 aliphatic heterocycles. The number of aliphatic hydroxyl groups is 1. The number of hydrogen-bond donors (Lipinski definition) is 1. The van der Waals surface area contributed by atoms with Gasteiger partial charge in [0.1, 0.15) is 11.3 Å². The van der Waals surface area contributed by atoms with Gasteiger partial charge in [0, 0.05) is 11.3 Å². The van der Waals surface area contributed by atoms with Crippen molar-refractivity contribution in [2.24, 2.45) is 0 Å². The predicted molar refractivity (Wildman–Crippen MR) is 58.8 cm³/mol. The molecule has 1 aliphatic carbocycles. The first kappa shape index (κ1) is 8.98. The lowest BCUT2D eigenvalue weighted by Crippen LogP contribution is -2.09. The molecule has 2 unspecified atom stereocenters. The summed E-state index contributed by atoms with van der Waals surface area (Å²) in [5.74, 6) is 1.15. The molecule has 2 aromatic rings. The topological polar surface area (TPSA) is 33.4 Å². The molecule has 1 N–H and O–H groups in total. The zero-order chi connectivity index (χ0) is 10.3. The van der Waals surface area contributed by atoms with Gasteiger partial charge in [-0.1, -0.05) is 24.6 Å². The van der Waals surface area contributed by atoms with Gasteiger partial charge in [-0.25, -0.2) is 0 Å². The second-order valence-corrected chi connectivity index (χ2v) is 4.29. The normalized spacial score (nSPS) is 26.2. The van der Waals surface area contributed by atoms with Crippen LogP contribution in [0.15, 0.2) is 34.7 Å². The van der Waals surface area contributed by atoms with Crippen LogP contribution in [-0.2, 0) is 0 Å². The molecular formula is C13H14O2. The molecule has 2 nitrogen and oxygen atoms in total. The largest absolute Gasteiger partial charge is 0.461 e. The van der Waals surface area contributed by atoms with Crippen LogP contribution in [0.2, 0.25) is 0 Å². The van der Waals surface area contributed by atoms with Crippen LogP contribution in [0.5, 0.6) is 0 Å². The number of hydrogen-bond acceptors (Lipinski definition) is 2. The van der Waals surface area contributed by atoms with Crippen molar-refractivity contribution in [3.63, 3.8) is 0 Å². The molecule has 2 heteroatoms. The van der Waals surface area contributed by atoms with Crippen LogP contribution in [0.25, 0.3) is 11.0 Å². The quantitative estimate of drug-likeness (QED) is 0.771. The molecule has 3 rings (SSSR count). The van der Waals surface area contributed by atoms with Gasteiger partial charge in [0.25, 0.3) is 0 Å². The van der Waals surface area contributed by atoms with Crippen molar-refractivity contribution in [3.8, 4) is 0 Å². The fraction of sp³-hybridized carbons (Fsp3) is 0.385. The maximum Gasteiger partial charge on any atom is 0.134 e. The summed E-state index contributed by atoms with van der Waals surface area (Å²) in [5.41, 5.74) is 0.923. The van der Waals surface area contributed by atoms with Gasteiger partial charge in [0.2, 0.25) is 0 Å². The molecule has 0 saturated heterocycles. The minimum absolute atomic E-state index is 0.206. The molecule has 1 aromatic carbocycles. The highest BCUT2D eigenvalue weighted by Gasteiger charge is 2.29. The van der Waals surface area contributed by atoms with Crippen molar-refractivity contribution in [3.05, 3.63) is 36.1 Å². The van der Waals surface area contributed by atoms with Crippen LogP contribution in [0, 0.1) is 0 Å². The second kappa shape index (κ2) is 3.38. The Morgan fingerprint density at radius 2 is 2.07 bits per heavy atom. The molecule has 0 bridgehead atoms. The SMILES string of the molecule is OC1CCCC1c1cc2ccccc2o1. The average Bonchev–Trinajstić information content (AvgIpc) is 2.82. The van der Waals surface area contributed by atoms with Crippen molar-refractivity contribution < 1.29 is 9.52 Å². The van der Waals surface area contributed by atoms with Crippen molar-refractivity contribution in [2.45, 2.75) is 31.3 Å². The molecule has 1 saturated carbocycles. The summed E-state index contributed by atoms with van der Waals surface area (Å²) in [4.78, 5) is 0. The van der Waals surface area contributed by atoms with E-state index in [0.717, 1.165) is 36.0 Å². The summed E-state index contributed by atoms with van der Waals surface area (Å²) in [6.45, 7) is 0. The van der Waals surface area contributed by atoms with E-state index in [1.54, 1.807) is 0 Å². The maximum absolute atomic E-state index is 9.81. The third-order valence-corrected chi connectivity index (χ3v) is 3.29. The first-order valence-electron chi connectivity index (χ1n) is 5.51. The van der Waals surface area contributed by atoms with E-state index < -0.39 is 0 Å². The molecule has 0 spiro atoms. The summed E-state index contributed by atoms with van der Waals surface area (Å²) in [6, 6.07) is 10.1. The lowest BCUT2D eigenvalue weighted by Gasteiger charge is -2.10. The fourth-order valence-electron chi connectivity index (χ4n) is 2.46. The summed E-state index contributed by atoms with van der Waals surface area (Å²) >= 11 is 0. The molecule has 15 heavy (non-hydrogen) atoms. The summed E-state index contributed by atoms with van der Waals surface area (Å²) in [5, 5.41) is 10.9. The number of fused-ring (bicyclic) bond motifs is 1. The lowest BCUT2D eigenvalue weighted by atomic mass is 10.0. The van der Waals surface area contributed by atoms with Crippen LogP contribution in [0.1, 0.15) is 30.9 Å². The van der Waals surface area contributed by atoms with E-state index in [1.807, 2.05) is 24.3 Å². The molecule has 0 amide bonds. The Morgan fingerprint density at radius 3 is 2.80 bits per heavy atom. The van der Waals surface area contributed by atoms with Crippen LogP contribution in [0.3, 0.4) is 0 Å². The van der Waals surface area contributed by atoms with Gasteiger partial charge < -0.3 is 9.52 Å². The number of rotatable bonds is 1. The third kappa shape index (κ3) is 1.45. The van der Waals surface area contributed by atoms with Gasteiger partial charge in [0.05, 0.1) is 6.10 Å². The van der Waals surface area contributed by atoms with Crippen LogP contribution < -0.4 is 0 Å². The van der Waals surface area contributed by atoms with E-state index >= 15 is 0 Å².